The van der Waals surface area contributed by atoms with E-state index in [9.17, 15) is 17.6 Å². The molecule has 0 aromatic heterocycles. The summed E-state index contributed by atoms with van der Waals surface area (Å²) in [6.07, 6.45) is 4.84. The molecule has 1 aromatic rings. The van der Waals surface area contributed by atoms with Crippen LogP contribution in [0.1, 0.15) is 45.1 Å². The summed E-state index contributed by atoms with van der Waals surface area (Å²) in [7, 11) is -3.31. The number of nitrogens with zero attached hydrogens (tertiary/aromatic N) is 1. The van der Waals surface area contributed by atoms with Crippen molar-refractivity contribution in [2.75, 3.05) is 19.3 Å². The van der Waals surface area contributed by atoms with Crippen LogP contribution in [0.4, 0.5) is 4.39 Å². The Balaban J connectivity index is 1.84. The molecule has 0 saturated heterocycles. The first-order valence-electron chi connectivity index (χ1n) is 12.1. The minimum atomic E-state index is -3.31. The van der Waals surface area contributed by atoms with E-state index in [0.29, 0.717) is 32.4 Å². The number of carbonyl (C=O) groups is 1. The third kappa shape index (κ3) is 6.97. The van der Waals surface area contributed by atoms with Gasteiger partial charge in [0, 0.05) is 25.6 Å². The van der Waals surface area contributed by atoms with Gasteiger partial charge in [0.05, 0.1) is 29.1 Å². The van der Waals surface area contributed by atoms with Gasteiger partial charge in [-0.2, -0.15) is 0 Å². The van der Waals surface area contributed by atoms with Gasteiger partial charge in [0.25, 0.3) is 0 Å². The van der Waals surface area contributed by atoms with Gasteiger partial charge in [-0.15, -0.1) is 0 Å². The number of benzene rings is 1. The van der Waals surface area contributed by atoms with Crippen LogP contribution in [0.25, 0.3) is 5.57 Å². The number of rotatable bonds is 7. The van der Waals surface area contributed by atoms with Crippen LogP contribution in [0, 0.1) is 11.3 Å². The summed E-state index contributed by atoms with van der Waals surface area (Å²) in [4.78, 5) is 18.2. The Morgan fingerprint density at radius 2 is 2.00 bits per heavy atom. The van der Waals surface area contributed by atoms with Gasteiger partial charge in [0.2, 0.25) is 5.91 Å². The highest BCUT2D eigenvalue weighted by Crippen LogP contribution is 2.38. The summed E-state index contributed by atoms with van der Waals surface area (Å²) in [6.45, 7) is 5.27. The smallest absolute Gasteiger partial charge is 0.228 e. The Labute approximate surface area is 207 Å². The van der Waals surface area contributed by atoms with E-state index < -0.39 is 34.1 Å². The molecule has 2 heterocycles. The van der Waals surface area contributed by atoms with E-state index >= 15 is 0 Å². The summed E-state index contributed by atoms with van der Waals surface area (Å²) < 4.78 is 37.9. The average Bonchev–Trinajstić information content (AvgIpc) is 2.80. The van der Waals surface area contributed by atoms with Crippen molar-refractivity contribution in [3.63, 3.8) is 0 Å². The maximum absolute atomic E-state index is 14.3. The van der Waals surface area contributed by atoms with Gasteiger partial charge in [-0.25, -0.2) is 12.8 Å². The molecule has 4 unspecified atom stereocenters. The van der Waals surface area contributed by atoms with Crippen molar-refractivity contribution in [3.8, 4) is 0 Å². The standard InChI is InChI=1S/C25H38FN5O3S/c1-4-25(2)11-9-17(26)14-30-20(13-25)22(23(27)28)24(32)31-21-15-29-12-10-19(21)16-5-7-18(8-6-16)35(3,33)34/h5-8,10,14,17,20-23,29H,4,9,11-13,15,27-28H2,1-3H3,(H,31,32)/t17?,20?,21?,22?,25-/m1/s1. The van der Waals surface area contributed by atoms with Crippen LogP contribution in [-0.4, -0.2) is 64.3 Å². The van der Waals surface area contributed by atoms with Crippen LogP contribution in [0.3, 0.4) is 0 Å². The fraction of sp³-hybridized carbons (Fsp3) is 0.600. The number of nitrogens with two attached hydrogens (primary N) is 2. The number of halogens is 1. The zero-order chi connectivity index (χ0) is 25.8. The molecule has 5 atom stereocenters. The van der Waals surface area contributed by atoms with Crippen molar-refractivity contribution in [1.82, 2.24) is 10.6 Å². The molecule has 10 heteroatoms. The van der Waals surface area contributed by atoms with Gasteiger partial charge in [-0.3, -0.25) is 9.79 Å². The van der Waals surface area contributed by atoms with Crippen LogP contribution >= 0.6 is 0 Å². The maximum atomic E-state index is 14.3. The van der Waals surface area contributed by atoms with Gasteiger partial charge in [0.15, 0.2) is 9.84 Å². The number of hydrogen-bond acceptors (Lipinski definition) is 7. The Bertz CT molecular complexity index is 1060. The van der Waals surface area contributed by atoms with Gasteiger partial charge >= 0.3 is 0 Å². The lowest BCUT2D eigenvalue weighted by Gasteiger charge is -2.37. The second-order valence-electron chi connectivity index (χ2n) is 10.1. The molecule has 0 bridgehead atoms. The highest BCUT2D eigenvalue weighted by Gasteiger charge is 2.39. The molecule has 2 aliphatic heterocycles. The fourth-order valence-corrected chi connectivity index (χ4v) is 5.47. The van der Waals surface area contributed by atoms with E-state index in [-0.39, 0.29) is 22.3 Å². The SMILES string of the molecule is CC[C@]1(C)CCC(F)C=NC(C(C(=O)NC2CNCC=C2c2ccc(S(C)(=O)=O)cc2)C(N)N)C1. The van der Waals surface area contributed by atoms with E-state index in [4.69, 9.17) is 11.5 Å². The first-order chi connectivity index (χ1) is 16.4. The number of carbonyl (C=O) groups excluding carboxylic acids is 1. The number of alkyl halides is 1. The Morgan fingerprint density at radius 3 is 2.60 bits per heavy atom. The van der Waals surface area contributed by atoms with Gasteiger partial charge in [0.1, 0.15) is 6.17 Å². The minimum absolute atomic E-state index is 0.168. The third-order valence-electron chi connectivity index (χ3n) is 7.27. The highest BCUT2D eigenvalue weighted by molar-refractivity contribution is 7.90. The molecule has 0 saturated carbocycles. The van der Waals surface area contributed by atoms with E-state index in [0.717, 1.165) is 23.8 Å². The van der Waals surface area contributed by atoms with Crippen LogP contribution in [0.15, 0.2) is 40.2 Å². The fourth-order valence-electron chi connectivity index (χ4n) is 4.84. The van der Waals surface area contributed by atoms with Crippen LogP contribution in [-0.2, 0) is 14.6 Å². The Morgan fingerprint density at radius 1 is 1.31 bits per heavy atom. The monoisotopic (exact) mass is 507 g/mol. The normalized spacial score (nSPS) is 28.7. The van der Waals surface area contributed by atoms with Crippen LogP contribution in [0.2, 0.25) is 0 Å². The summed E-state index contributed by atoms with van der Waals surface area (Å²) in [5.74, 6) is -1.15. The predicted octanol–water partition coefficient (Wildman–Crippen LogP) is 1.80. The molecule has 0 fully saturated rings. The van der Waals surface area contributed by atoms with E-state index in [1.165, 1.54) is 6.21 Å². The Kier molecular flexibility index (Phi) is 8.85. The molecule has 2 aliphatic rings. The zero-order valence-corrected chi connectivity index (χ0v) is 21.5. The molecular formula is C25H38FN5O3S. The summed E-state index contributed by atoms with van der Waals surface area (Å²) >= 11 is 0. The summed E-state index contributed by atoms with van der Waals surface area (Å²) in [6, 6.07) is 5.71. The van der Waals surface area contributed by atoms with E-state index in [1.54, 1.807) is 24.3 Å². The molecule has 3 rings (SSSR count). The first kappa shape index (κ1) is 27.4. The summed E-state index contributed by atoms with van der Waals surface area (Å²) in [5.41, 5.74) is 13.7. The predicted molar refractivity (Wildman–Crippen MR) is 137 cm³/mol. The molecule has 0 spiro atoms. The number of hydrogen-bond donors (Lipinski definition) is 4. The lowest BCUT2D eigenvalue weighted by Crippen LogP contribution is -2.56. The largest absolute Gasteiger partial charge is 0.348 e. The molecule has 0 aliphatic carbocycles. The third-order valence-corrected chi connectivity index (χ3v) is 8.40. The van der Waals surface area contributed by atoms with Crippen molar-refractivity contribution < 1.29 is 17.6 Å². The van der Waals surface area contributed by atoms with E-state index in [2.05, 4.69) is 29.5 Å². The minimum Gasteiger partial charge on any atom is -0.348 e. The van der Waals surface area contributed by atoms with Crippen molar-refractivity contribution in [2.24, 2.45) is 27.8 Å². The van der Waals surface area contributed by atoms with Crippen molar-refractivity contribution >= 4 is 27.5 Å². The molecule has 35 heavy (non-hydrogen) atoms. The second kappa shape index (κ2) is 11.3. The van der Waals surface area contributed by atoms with E-state index in [1.807, 2.05) is 6.08 Å². The molecule has 1 aromatic carbocycles. The quantitative estimate of drug-likeness (QED) is 0.415. The average molecular weight is 508 g/mol. The first-order valence-corrected chi connectivity index (χ1v) is 14.0. The lowest BCUT2D eigenvalue weighted by molar-refractivity contribution is -0.127. The number of aliphatic imine (C=N–C) groups is 1. The molecular weight excluding hydrogens is 469 g/mol. The zero-order valence-electron chi connectivity index (χ0n) is 20.7. The lowest BCUT2D eigenvalue weighted by atomic mass is 9.73. The van der Waals surface area contributed by atoms with Gasteiger partial charge < -0.3 is 22.1 Å². The van der Waals surface area contributed by atoms with Crippen molar-refractivity contribution in [1.29, 1.82) is 0 Å². The summed E-state index contributed by atoms with van der Waals surface area (Å²) in [5, 5.41) is 6.31. The highest BCUT2D eigenvalue weighted by atomic mass is 32.2. The number of sulfone groups is 1. The van der Waals surface area contributed by atoms with Crippen molar-refractivity contribution in [2.45, 2.75) is 68.8 Å². The number of amides is 1. The Hall–Kier alpha value is -2.14. The molecule has 6 N–H and O–H groups in total. The molecule has 1 amide bonds. The van der Waals surface area contributed by atoms with Crippen molar-refractivity contribution in [3.05, 3.63) is 35.9 Å². The van der Waals surface area contributed by atoms with Gasteiger partial charge in [-0.1, -0.05) is 38.5 Å². The second-order valence-corrected chi connectivity index (χ2v) is 12.1. The number of nitrogens with one attached hydrogen (secondary N) is 2. The maximum Gasteiger partial charge on any atom is 0.228 e. The van der Waals surface area contributed by atoms with Gasteiger partial charge in [-0.05, 0) is 47.9 Å². The van der Waals surface area contributed by atoms with Crippen LogP contribution < -0.4 is 22.1 Å². The molecule has 194 valence electrons. The molecule has 8 nitrogen and oxygen atoms in total. The molecule has 0 radical (unpaired) electrons. The van der Waals surface area contributed by atoms with Crippen LogP contribution in [0.5, 0.6) is 0 Å². The topological polar surface area (TPSA) is 140 Å².